The summed E-state index contributed by atoms with van der Waals surface area (Å²) in [6.07, 6.45) is 1.86. The van der Waals surface area contributed by atoms with Gasteiger partial charge in [-0.15, -0.1) is 0 Å². The Morgan fingerprint density at radius 3 is 2.57 bits per heavy atom. The Labute approximate surface area is 88.7 Å². The maximum absolute atomic E-state index is 11.1. The van der Waals surface area contributed by atoms with Gasteiger partial charge in [0, 0.05) is 12.3 Å². The van der Waals surface area contributed by atoms with Crippen LogP contribution in [0.2, 0.25) is 0 Å². The predicted octanol–water partition coefficient (Wildman–Crippen LogP) is 0.469. The van der Waals surface area contributed by atoms with Gasteiger partial charge in [0.25, 0.3) is 0 Å². The topological polar surface area (TPSA) is 78.4 Å². The van der Waals surface area contributed by atoms with Gasteiger partial charge >= 0.3 is 12.0 Å². The Hall–Kier alpha value is -0.910. The minimum atomic E-state index is -1.08. The van der Waals surface area contributed by atoms with Gasteiger partial charge in [-0.3, -0.25) is 0 Å². The summed E-state index contributed by atoms with van der Waals surface area (Å²) in [7, 11) is 0. The predicted molar refractivity (Wildman–Crippen MR) is 56.7 cm³/mol. The third kappa shape index (κ3) is 5.69. The second-order valence-electron chi connectivity index (χ2n) is 2.83. The molecule has 0 saturated heterocycles. The van der Waals surface area contributed by atoms with Crippen molar-refractivity contribution >= 4 is 24.6 Å². The fourth-order valence-corrected chi connectivity index (χ4v) is 1.02. The second-order valence-corrected chi connectivity index (χ2v) is 3.19. The van der Waals surface area contributed by atoms with E-state index in [1.54, 1.807) is 0 Å². The molecule has 0 saturated carbocycles. The first-order valence-electron chi connectivity index (χ1n) is 4.49. The summed E-state index contributed by atoms with van der Waals surface area (Å²) >= 11 is 3.82. The van der Waals surface area contributed by atoms with Gasteiger partial charge in [-0.05, 0) is 6.42 Å². The SMILES string of the molecule is CCCCNC(=O)N[C@@H](CS)C(=O)O. The average Bonchev–Trinajstić information content (AvgIpc) is 2.14. The number of amides is 2. The lowest BCUT2D eigenvalue weighted by atomic mass is 10.3. The van der Waals surface area contributed by atoms with E-state index < -0.39 is 18.0 Å². The number of carboxylic acid groups (broad SMARTS) is 1. The molecule has 82 valence electrons. The minimum absolute atomic E-state index is 0.0799. The molecule has 0 aromatic heterocycles. The molecule has 0 aromatic rings. The van der Waals surface area contributed by atoms with Crippen molar-refractivity contribution in [1.29, 1.82) is 0 Å². The van der Waals surface area contributed by atoms with E-state index in [0.717, 1.165) is 12.8 Å². The van der Waals surface area contributed by atoms with Crippen LogP contribution in [-0.2, 0) is 4.79 Å². The number of nitrogens with one attached hydrogen (secondary N) is 2. The molecule has 0 heterocycles. The van der Waals surface area contributed by atoms with Crippen molar-refractivity contribution in [3.63, 3.8) is 0 Å². The van der Waals surface area contributed by atoms with E-state index in [1.165, 1.54) is 0 Å². The fourth-order valence-electron chi connectivity index (χ4n) is 0.773. The number of carbonyl (C=O) groups is 2. The molecule has 0 bridgehead atoms. The molecule has 14 heavy (non-hydrogen) atoms. The number of carbonyl (C=O) groups excluding carboxylic acids is 1. The summed E-state index contributed by atoms with van der Waals surface area (Å²) < 4.78 is 0. The zero-order valence-electron chi connectivity index (χ0n) is 8.12. The average molecular weight is 220 g/mol. The molecule has 2 amide bonds. The first-order chi connectivity index (χ1) is 6.61. The first-order valence-corrected chi connectivity index (χ1v) is 5.13. The molecule has 0 aliphatic rings. The van der Waals surface area contributed by atoms with Crippen molar-refractivity contribution in [2.45, 2.75) is 25.8 Å². The van der Waals surface area contributed by atoms with Crippen molar-refractivity contribution in [2.75, 3.05) is 12.3 Å². The van der Waals surface area contributed by atoms with Crippen LogP contribution in [0.1, 0.15) is 19.8 Å². The van der Waals surface area contributed by atoms with E-state index in [0.29, 0.717) is 6.54 Å². The highest BCUT2D eigenvalue weighted by Gasteiger charge is 2.17. The number of thiol groups is 1. The molecular weight excluding hydrogens is 204 g/mol. The highest BCUT2D eigenvalue weighted by atomic mass is 32.1. The van der Waals surface area contributed by atoms with E-state index in [9.17, 15) is 9.59 Å². The van der Waals surface area contributed by atoms with Crippen molar-refractivity contribution in [3.05, 3.63) is 0 Å². The summed E-state index contributed by atoms with van der Waals surface area (Å²) in [5.41, 5.74) is 0. The number of unbranched alkanes of at least 4 members (excludes halogenated alkanes) is 1. The van der Waals surface area contributed by atoms with Crippen LogP contribution in [0.4, 0.5) is 4.79 Å². The normalized spacial score (nSPS) is 11.9. The summed E-state index contributed by atoms with van der Waals surface area (Å²) in [6.45, 7) is 2.56. The molecule has 0 radical (unpaired) electrons. The number of hydrogen-bond acceptors (Lipinski definition) is 3. The molecule has 3 N–H and O–H groups in total. The Morgan fingerprint density at radius 1 is 1.50 bits per heavy atom. The lowest BCUT2D eigenvalue weighted by Crippen LogP contribution is -2.47. The zero-order valence-corrected chi connectivity index (χ0v) is 9.01. The monoisotopic (exact) mass is 220 g/mol. The van der Waals surface area contributed by atoms with Gasteiger partial charge in [0.1, 0.15) is 6.04 Å². The molecule has 0 aliphatic carbocycles. The van der Waals surface area contributed by atoms with Crippen LogP contribution < -0.4 is 10.6 Å². The van der Waals surface area contributed by atoms with Crippen LogP contribution in [0, 0.1) is 0 Å². The van der Waals surface area contributed by atoms with Gasteiger partial charge in [-0.25, -0.2) is 9.59 Å². The number of carboxylic acids is 1. The number of rotatable bonds is 6. The standard InChI is InChI=1S/C8H16N2O3S/c1-2-3-4-9-8(13)10-6(5-14)7(11)12/h6,14H,2-5H2,1H3,(H,11,12)(H2,9,10,13)/t6-/m0/s1. The largest absolute Gasteiger partial charge is 0.480 e. The minimum Gasteiger partial charge on any atom is -0.480 e. The quantitative estimate of drug-likeness (QED) is 0.388. The van der Waals surface area contributed by atoms with E-state index in [4.69, 9.17) is 5.11 Å². The molecule has 5 nitrogen and oxygen atoms in total. The summed E-state index contributed by atoms with van der Waals surface area (Å²) in [5.74, 6) is -0.998. The van der Waals surface area contributed by atoms with E-state index in [1.807, 2.05) is 6.92 Å². The lowest BCUT2D eigenvalue weighted by molar-refractivity contribution is -0.138. The fraction of sp³-hybridized carbons (Fsp3) is 0.750. The molecule has 0 unspecified atom stereocenters. The Kier molecular flexibility index (Phi) is 7.00. The zero-order chi connectivity index (χ0) is 11.0. The maximum Gasteiger partial charge on any atom is 0.327 e. The number of hydrogen-bond donors (Lipinski definition) is 4. The van der Waals surface area contributed by atoms with Crippen molar-refractivity contribution in [1.82, 2.24) is 10.6 Å². The molecular formula is C8H16N2O3S. The third-order valence-electron chi connectivity index (χ3n) is 1.60. The lowest BCUT2D eigenvalue weighted by Gasteiger charge is -2.12. The van der Waals surface area contributed by atoms with Gasteiger partial charge in [0.15, 0.2) is 0 Å². The van der Waals surface area contributed by atoms with Crippen LogP contribution in [0.5, 0.6) is 0 Å². The van der Waals surface area contributed by atoms with Gasteiger partial charge in [-0.1, -0.05) is 13.3 Å². The smallest absolute Gasteiger partial charge is 0.327 e. The summed E-state index contributed by atoms with van der Waals surface area (Å²) in [4.78, 5) is 21.6. The molecule has 0 aromatic carbocycles. The van der Waals surface area contributed by atoms with Gasteiger partial charge in [0.05, 0.1) is 0 Å². The van der Waals surface area contributed by atoms with Crippen molar-refractivity contribution < 1.29 is 14.7 Å². The molecule has 0 fully saturated rings. The highest BCUT2D eigenvalue weighted by molar-refractivity contribution is 7.80. The maximum atomic E-state index is 11.1. The van der Waals surface area contributed by atoms with Gasteiger partial charge in [0.2, 0.25) is 0 Å². The molecule has 0 rings (SSSR count). The summed E-state index contributed by atoms with van der Waals surface area (Å²) in [5, 5.41) is 13.5. The highest BCUT2D eigenvalue weighted by Crippen LogP contribution is 1.88. The van der Waals surface area contributed by atoms with Gasteiger partial charge < -0.3 is 15.7 Å². The van der Waals surface area contributed by atoms with Crippen LogP contribution in [0.3, 0.4) is 0 Å². The number of aliphatic carboxylic acids is 1. The Bertz CT molecular complexity index is 199. The first kappa shape index (κ1) is 13.1. The van der Waals surface area contributed by atoms with Crippen LogP contribution in [-0.4, -0.2) is 35.4 Å². The molecule has 0 aliphatic heterocycles. The van der Waals surface area contributed by atoms with Crippen LogP contribution in [0.15, 0.2) is 0 Å². The van der Waals surface area contributed by atoms with E-state index in [2.05, 4.69) is 23.3 Å². The molecule has 0 spiro atoms. The Morgan fingerprint density at radius 2 is 2.14 bits per heavy atom. The number of urea groups is 1. The van der Waals surface area contributed by atoms with Crippen molar-refractivity contribution in [2.24, 2.45) is 0 Å². The Balaban J connectivity index is 3.74. The van der Waals surface area contributed by atoms with E-state index in [-0.39, 0.29) is 5.75 Å². The molecule has 1 atom stereocenters. The summed E-state index contributed by atoms with van der Waals surface area (Å²) in [6, 6.07) is -1.39. The van der Waals surface area contributed by atoms with Crippen LogP contribution >= 0.6 is 12.6 Å². The molecule has 6 heteroatoms. The second kappa shape index (κ2) is 7.49. The van der Waals surface area contributed by atoms with Crippen LogP contribution in [0.25, 0.3) is 0 Å². The third-order valence-corrected chi connectivity index (χ3v) is 1.97. The van der Waals surface area contributed by atoms with E-state index >= 15 is 0 Å². The van der Waals surface area contributed by atoms with Gasteiger partial charge in [-0.2, -0.15) is 12.6 Å². The van der Waals surface area contributed by atoms with Crippen molar-refractivity contribution in [3.8, 4) is 0 Å².